The van der Waals surface area contributed by atoms with Crippen LogP contribution in [0.2, 0.25) is 0 Å². The molecule has 0 aliphatic carbocycles. The number of esters is 1. The van der Waals surface area contributed by atoms with Crippen LogP contribution in [-0.2, 0) is 9.53 Å². The van der Waals surface area contributed by atoms with Crippen LogP contribution >= 0.6 is 23.1 Å². The number of thioether (sulfide) groups is 1. The van der Waals surface area contributed by atoms with Crippen molar-refractivity contribution in [3.63, 3.8) is 0 Å². The van der Waals surface area contributed by atoms with Gasteiger partial charge in [0.25, 0.3) is 5.91 Å². The molecule has 1 N–H and O–H groups in total. The number of nitrogens with zero attached hydrogens (tertiary/aromatic N) is 2. The molecule has 1 amide bonds. The van der Waals surface area contributed by atoms with E-state index >= 15 is 0 Å². The lowest BCUT2D eigenvalue weighted by molar-refractivity contribution is -0.115. The minimum Gasteiger partial charge on any atom is -0.497 e. The monoisotopic (exact) mass is 403 g/mol. The van der Waals surface area contributed by atoms with Crippen molar-refractivity contribution in [3.05, 3.63) is 45.3 Å². The van der Waals surface area contributed by atoms with E-state index in [1.54, 1.807) is 27.0 Å². The van der Waals surface area contributed by atoms with Gasteiger partial charge in [-0.2, -0.15) is 4.99 Å². The van der Waals surface area contributed by atoms with E-state index < -0.39 is 5.97 Å². The van der Waals surface area contributed by atoms with E-state index in [0.29, 0.717) is 32.4 Å². The zero-order valence-electron chi connectivity index (χ0n) is 14.9. The first-order valence-corrected chi connectivity index (χ1v) is 9.71. The van der Waals surface area contributed by atoms with Gasteiger partial charge in [-0.25, -0.2) is 9.78 Å². The van der Waals surface area contributed by atoms with Gasteiger partial charge in [0.15, 0.2) is 5.17 Å². The molecule has 7 nitrogen and oxygen atoms in total. The van der Waals surface area contributed by atoms with Crippen LogP contribution < -0.4 is 10.1 Å². The lowest BCUT2D eigenvalue weighted by Crippen LogP contribution is -2.19. The number of hydrogen-bond donors (Lipinski definition) is 1. The van der Waals surface area contributed by atoms with E-state index in [1.807, 2.05) is 24.3 Å². The number of ether oxygens (including phenoxy) is 2. The highest BCUT2D eigenvalue weighted by molar-refractivity contribution is 8.18. The van der Waals surface area contributed by atoms with Crippen LogP contribution in [0.3, 0.4) is 0 Å². The minimum atomic E-state index is -0.415. The van der Waals surface area contributed by atoms with Gasteiger partial charge >= 0.3 is 5.97 Å². The van der Waals surface area contributed by atoms with Crippen molar-refractivity contribution in [2.75, 3.05) is 13.7 Å². The number of methoxy groups -OCH3 is 1. The predicted molar refractivity (Wildman–Crippen MR) is 107 cm³/mol. The van der Waals surface area contributed by atoms with Crippen molar-refractivity contribution in [1.82, 2.24) is 10.3 Å². The number of amides is 1. The second-order valence-electron chi connectivity index (χ2n) is 5.39. The molecule has 3 rings (SSSR count). The third kappa shape index (κ3) is 4.55. The molecule has 2 aromatic rings. The summed E-state index contributed by atoms with van der Waals surface area (Å²) in [4.78, 5) is 33.6. The molecule has 9 heteroatoms. The van der Waals surface area contributed by atoms with Crippen LogP contribution in [0.25, 0.3) is 6.08 Å². The Morgan fingerprint density at radius 3 is 2.74 bits per heavy atom. The first-order valence-electron chi connectivity index (χ1n) is 8.08. The SMILES string of the molecule is CCOC(=O)c1sc(N=C2NC(=O)/C(=C\c3ccc(OC)cc3)S2)nc1C. The Morgan fingerprint density at radius 2 is 2.07 bits per heavy atom. The van der Waals surface area contributed by atoms with Crippen molar-refractivity contribution >= 4 is 51.4 Å². The van der Waals surface area contributed by atoms with Gasteiger partial charge in [-0.05, 0) is 49.4 Å². The number of aryl methyl sites for hydroxylation is 1. The van der Waals surface area contributed by atoms with Crippen molar-refractivity contribution in [2.24, 2.45) is 4.99 Å². The van der Waals surface area contributed by atoms with E-state index in [0.717, 1.165) is 22.6 Å². The van der Waals surface area contributed by atoms with Crippen molar-refractivity contribution in [1.29, 1.82) is 0 Å². The predicted octanol–water partition coefficient (Wildman–Crippen LogP) is 3.53. The lowest BCUT2D eigenvalue weighted by Gasteiger charge is -1.99. The number of carbonyl (C=O) groups excluding carboxylic acids is 2. The summed E-state index contributed by atoms with van der Waals surface area (Å²) < 4.78 is 10.1. The number of aromatic nitrogens is 1. The summed E-state index contributed by atoms with van der Waals surface area (Å²) in [5.41, 5.74) is 1.44. The molecule has 2 heterocycles. The van der Waals surface area contributed by atoms with Crippen LogP contribution in [-0.4, -0.2) is 35.7 Å². The van der Waals surface area contributed by atoms with Crippen LogP contribution in [0.15, 0.2) is 34.2 Å². The smallest absolute Gasteiger partial charge is 0.350 e. The molecule has 1 aliphatic rings. The standard InChI is InChI=1S/C18H17N3O4S2/c1-4-25-16(23)14-10(2)19-17(27-14)21-18-20-15(22)13(26-18)9-11-5-7-12(24-3)8-6-11/h5-9H,4H2,1-3H3,(H,19,20,21,22)/b13-9+. The molecule has 140 valence electrons. The Hall–Kier alpha value is -2.65. The number of hydrogen-bond acceptors (Lipinski definition) is 8. The topological polar surface area (TPSA) is 89.9 Å². The first-order chi connectivity index (χ1) is 13.0. The summed E-state index contributed by atoms with van der Waals surface area (Å²) >= 11 is 2.36. The molecule has 0 radical (unpaired) electrons. The summed E-state index contributed by atoms with van der Waals surface area (Å²) in [7, 11) is 1.60. The normalized spacial score (nSPS) is 16.6. The average molecular weight is 403 g/mol. The number of thiazole rings is 1. The Labute approximate surface area is 164 Å². The van der Waals surface area contributed by atoms with E-state index in [9.17, 15) is 9.59 Å². The number of nitrogens with one attached hydrogen (secondary N) is 1. The Bertz CT molecular complexity index is 933. The molecule has 1 saturated heterocycles. The van der Waals surface area contributed by atoms with Gasteiger partial charge in [0.2, 0.25) is 5.13 Å². The zero-order valence-corrected chi connectivity index (χ0v) is 16.6. The molecular formula is C18H17N3O4S2. The maximum absolute atomic E-state index is 12.2. The van der Waals surface area contributed by atoms with Gasteiger partial charge in [-0.3, -0.25) is 4.79 Å². The van der Waals surface area contributed by atoms with E-state index in [-0.39, 0.29) is 5.91 Å². The molecule has 1 aromatic heterocycles. The molecular weight excluding hydrogens is 386 g/mol. The van der Waals surface area contributed by atoms with Crippen LogP contribution in [0.4, 0.5) is 5.13 Å². The maximum Gasteiger partial charge on any atom is 0.350 e. The van der Waals surface area contributed by atoms with E-state index in [1.165, 1.54) is 11.8 Å². The minimum absolute atomic E-state index is 0.228. The molecule has 0 atom stereocenters. The highest BCUT2D eigenvalue weighted by atomic mass is 32.2. The van der Waals surface area contributed by atoms with Crippen molar-refractivity contribution in [3.8, 4) is 5.75 Å². The molecule has 0 bridgehead atoms. The summed E-state index contributed by atoms with van der Waals surface area (Å²) in [5, 5.41) is 3.52. The third-order valence-electron chi connectivity index (χ3n) is 3.51. The molecule has 1 fully saturated rings. The average Bonchev–Trinajstić information content (AvgIpc) is 3.18. The first kappa shape index (κ1) is 19.1. The lowest BCUT2D eigenvalue weighted by atomic mass is 10.2. The number of carbonyl (C=O) groups is 2. The Balaban J connectivity index is 1.77. The van der Waals surface area contributed by atoms with Gasteiger partial charge < -0.3 is 14.8 Å². The quantitative estimate of drug-likeness (QED) is 0.607. The number of amidine groups is 1. The van der Waals surface area contributed by atoms with E-state index in [2.05, 4.69) is 15.3 Å². The summed E-state index contributed by atoms with van der Waals surface area (Å²) in [6, 6.07) is 7.39. The number of rotatable bonds is 5. The highest BCUT2D eigenvalue weighted by Crippen LogP contribution is 2.31. The van der Waals surface area contributed by atoms with Gasteiger partial charge in [-0.15, -0.1) is 0 Å². The second kappa shape index (κ2) is 8.36. The number of benzene rings is 1. The third-order valence-corrected chi connectivity index (χ3v) is 5.45. The van der Waals surface area contributed by atoms with Crippen LogP contribution in [0.5, 0.6) is 5.75 Å². The largest absolute Gasteiger partial charge is 0.497 e. The molecule has 1 aromatic carbocycles. The summed E-state index contributed by atoms with van der Waals surface area (Å²) in [6.07, 6.45) is 1.78. The Kier molecular flexibility index (Phi) is 5.92. The molecule has 1 aliphatic heterocycles. The highest BCUT2D eigenvalue weighted by Gasteiger charge is 2.25. The van der Waals surface area contributed by atoms with Crippen LogP contribution in [0.1, 0.15) is 27.9 Å². The maximum atomic E-state index is 12.2. The van der Waals surface area contributed by atoms with Crippen molar-refractivity contribution < 1.29 is 19.1 Å². The summed E-state index contributed by atoms with van der Waals surface area (Å²) in [6.45, 7) is 3.77. The zero-order chi connectivity index (χ0) is 19.4. The second-order valence-corrected chi connectivity index (χ2v) is 7.39. The van der Waals surface area contributed by atoms with Gasteiger partial charge in [0.05, 0.1) is 24.3 Å². The number of aliphatic imine (C=N–C) groups is 1. The Morgan fingerprint density at radius 1 is 1.33 bits per heavy atom. The summed E-state index contributed by atoms with van der Waals surface area (Å²) in [5.74, 6) is 0.107. The molecule has 0 unspecified atom stereocenters. The molecule has 0 saturated carbocycles. The van der Waals surface area contributed by atoms with Crippen LogP contribution in [0, 0.1) is 6.92 Å². The van der Waals surface area contributed by atoms with Gasteiger partial charge in [0.1, 0.15) is 10.6 Å². The molecule has 27 heavy (non-hydrogen) atoms. The molecule has 0 spiro atoms. The van der Waals surface area contributed by atoms with Gasteiger partial charge in [-0.1, -0.05) is 23.5 Å². The van der Waals surface area contributed by atoms with Crippen molar-refractivity contribution in [2.45, 2.75) is 13.8 Å². The fourth-order valence-corrected chi connectivity index (χ4v) is 3.95. The fourth-order valence-electron chi connectivity index (χ4n) is 2.23. The van der Waals surface area contributed by atoms with E-state index in [4.69, 9.17) is 9.47 Å². The fraction of sp³-hybridized carbons (Fsp3) is 0.222. The van der Waals surface area contributed by atoms with Gasteiger partial charge in [0, 0.05) is 0 Å².